The van der Waals surface area contributed by atoms with Crippen LogP contribution in [0.25, 0.3) is 0 Å². The van der Waals surface area contributed by atoms with Gasteiger partial charge in [0.2, 0.25) is 5.91 Å². The summed E-state index contributed by atoms with van der Waals surface area (Å²) in [5.41, 5.74) is 5.25. The van der Waals surface area contributed by atoms with E-state index in [0.717, 1.165) is 47.6 Å². The molecule has 25 heavy (non-hydrogen) atoms. The lowest BCUT2D eigenvalue weighted by Crippen LogP contribution is -2.43. The molecule has 0 unspecified atom stereocenters. The summed E-state index contributed by atoms with van der Waals surface area (Å²) in [5, 5.41) is 5.90. The SMILES string of the molecule is Cc1ccc(NC(=O)c2ccc3c(c2)NC(=O)[C@H]2CCCN32)c(C)c1. The highest BCUT2D eigenvalue weighted by molar-refractivity contribution is 6.09. The Labute approximate surface area is 147 Å². The van der Waals surface area contributed by atoms with E-state index in [4.69, 9.17) is 0 Å². The topological polar surface area (TPSA) is 61.4 Å². The monoisotopic (exact) mass is 335 g/mol. The van der Waals surface area contributed by atoms with Gasteiger partial charge in [0.25, 0.3) is 5.91 Å². The van der Waals surface area contributed by atoms with Crippen LogP contribution in [-0.2, 0) is 4.79 Å². The van der Waals surface area contributed by atoms with E-state index in [0.29, 0.717) is 5.56 Å². The molecule has 0 bridgehead atoms. The molecule has 0 aromatic heterocycles. The van der Waals surface area contributed by atoms with Crippen LogP contribution in [0, 0.1) is 13.8 Å². The van der Waals surface area contributed by atoms with Gasteiger partial charge in [-0.2, -0.15) is 0 Å². The third kappa shape index (κ3) is 2.76. The zero-order valence-corrected chi connectivity index (χ0v) is 14.4. The standard InChI is InChI=1S/C20H21N3O2/c1-12-5-7-15(13(2)10-12)21-19(24)14-6-8-17-16(11-14)22-20(25)18-4-3-9-23(17)18/h5-8,10-11,18H,3-4,9H2,1-2H3,(H,21,24)(H,22,25)/t18-/m1/s1. The van der Waals surface area contributed by atoms with Crippen molar-refractivity contribution >= 4 is 28.9 Å². The minimum absolute atomic E-state index is 0.0249. The molecule has 128 valence electrons. The molecule has 4 rings (SSSR count). The molecule has 1 atom stereocenters. The molecule has 2 aliphatic rings. The quantitative estimate of drug-likeness (QED) is 0.883. The average Bonchev–Trinajstić information content (AvgIpc) is 3.07. The summed E-state index contributed by atoms with van der Waals surface area (Å²) in [6, 6.07) is 11.4. The lowest BCUT2D eigenvalue weighted by Gasteiger charge is -2.33. The van der Waals surface area contributed by atoms with Crippen molar-refractivity contribution in [2.75, 3.05) is 22.1 Å². The molecule has 1 fully saturated rings. The Morgan fingerprint density at radius 1 is 1.20 bits per heavy atom. The smallest absolute Gasteiger partial charge is 0.255 e. The third-order valence-electron chi connectivity index (χ3n) is 5.01. The van der Waals surface area contributed by atoms with Gasteiger partial charge in [0.1, 0.15) is 6.04 Å². The summed E-state index contributed by atoms with van der Waals surface area (Å²) < 4.78 is 0. The van der Waals surface area contributed by atoms with Crippen LogP contribution in [0.2, 0.25) is 0 Å². The highest BCUT2D eigenvalue weighted by atomic mass is 16.2. The Hall–Kier alpha value is -2.82. The van der Waals surface area contributed by atoms with Crippen molar-refractivity contribution in [2.45, 2.75) is 32.7 Å². The predicted octanol–water partition coefficient (Wildman–Crippen LogP) is 3.48. The molecule has 0 spiro atoms. The summed E-state index contributed by atoms with van der Waals surface area (Å²) >= 11 is 0. The van der Waals surface area contributed by atoms with Crippen LogP contribution < -0.4 is 15.5 Å². The van der Waals surface area contributed by atoms with E-state index in [2.05, 4.69) is 15.5 Å². The number of aryl methyl sites for hydroxylation is 2. The maximum absolute atomic E-state index is 12.6. The number of hydrogen-bond acceptors (Lipinski definition) is 3. The average molecular weight is 335 g/mol. The van der Waals surface area contributed by atoms with E-state index in [9.17, 15) is 9.59 Å². The normalized spacial score (nSPS) is 18.4. The lowest BCUT2D eigenvalue weighted by atomic mass is 10.1. The van der Waals surface area contributed by atoms with Gasteiger partial charge in [-0.15, -0.1) is 0 Å². The molecule has 2 aromatic rings. The van der Waals surface area contributed by atoms with E-state index >= 15 is 0 Å². The number of nitrogens with zero attached hydrogens (tertiary/aromatic N) is 1. The molecule has 2 aromatic carbocycles. The zero-order chi connectivity index (χ0) is 17.6. The predicted molar refractivity (Wildman–Crippen MR) is 99.3 cm³/mol. The minimum atomic E-state index is -0.174. The van der Waals surface area contributed by atoms with Gasteiger partial charge in [-0.3, -0.25) is 9.59 Å². The second kappa shape index (κ2) is 5.92. The Morgan fingerprint density at radius 3 is 2.84 bits per heavy atom. The molecule has 5 nitrogen and oxygen atoms in total. The largest absolute Gasteiger partial charge is 0.358 e. The second-order valence-corrected chi connectivity index (χ2v) is 6.85. The number of carbonyl (C=O) groups is 2. The van der Waals surface area contributed by atoms with Crippen molar-refractivity contribution in [1.29, 1.82) is 0 Å². The van der Waals surface area contributed by atoms with Gasteiger partial charge in [-0.25, -0.2) is 0 Å². The van der Waals surface area contributed by atoms with Crippen molar-refractivity contribution in [3.8, 4) is 0 Å². The van der Waals surface area contributed by atoms with Crippen LogP contribution in [0.4, 0.5) is 17.1 Å². The number of carbonyl (C=O) groups excluding carboxylic acids is 2. The summed E-state index contributed by atoms with van der Waals surface area (Å²) in [7, 11) is 0. The molecule has 1 saturated heterocycles. The maximum atomic E-state index is 12.6. The molecule has 2 N–H and O–H groups in total. The zero-order valence-electron chi connectivity index (χ0n) is 14.4. The maximum Gasteiger partial charge on any atom is 0.255 e. The van der Waals surface area contributed by atoms with Gasteiger partial charge in [-0.05, 0) is 56.5 Å². The molecular formula is C20H21N3O2. The molecule has 0 radical (unpaired) electrons. The summed E-state index contributed by atoms with van der Waals surface area (Å²) in [6.45, 7) is 4.89. The van der Waals surface area contributed by atoms with Crippen molar-refractivity contribution in [3.63, 3.8) is 0 Å². The van der Waals surface area contributed by atoms with Crippen molar-refractivity contribution in [3.05, 3.63) is 53.1 Å². The number of rotatable bonds is 2. The number of hydrogen-bond donors (Lipinski definition) is 2. The number of nitrogens with one attached hydrogen (secondary N) is 2. The van der Waals surface area contributed by atoms with E-state index in [-0.39, 0.29) is 17.9 Å². The van der Waals surface area contributed by atoms with Crippen LogP contribution in [0.1, 0.15) is 34.3 Å². The van der Waals surface area contributed by atoms with Gasteiger partial charge < -0.3 is 15.5 Å². The van der Waals surface area contributed by atoms with E-state index in [1.54, 1.807) is 6.07 Å². The van der Waals surface area contributed by atoms with E-state index in [1.807, 2.05) is 44.2 Å². The molecule has 0 aliphatic carbocycles. The molecule has 5 heteroatoms. The van der Waals surface area contributed by atoms with E-state index in [1.165, 1.54) is 0 Å². The summed E-state index contributed by atoms with van der Waals surface area (Å²) in [5.74, 6) is -0.149. The molecule has 2 amide bonds. The number of amides is 2. The van der Waals surface area contributed by atoms with Crippen LogP contribution in [0.15, 0.2) is 36.4 Å². The van der Waals surface area contributed by atoms with Crippen molar-refractivity contribution < 1.29 is 9.59 Å². The Balaban J connectivity index is 1.60. The van der Waals surface area contributed by atoms with Crippen LogP contribution in [0.5, 0.6) is 0 Å². The highest BCUT2D eigenvalue weighted by Crippen LogP contribution is 2.37. The lowest BCUT2D eigenvalue weighted by molar-refractivity contribution is -0.117. The van der Waals surface area contributed by atoms with Gasteiger partial charge in [0.15, 0.2) is 0 Å². The number of benzene rings is 2. The van der Waals surface area contributed by atoms with Crippen molar-refractivity contribution in [2.24, 2.45) is 0 Å². The molecule has 0 saturated carbocycles. The summed E-state index contributed by atoms with van der Waals surface area (Å²) in [6.07, 6.45) is 1.91. The highest BCUT2D eigenvalue weighted by Gasteiger charge is 2.36. The Bertz CT molecular complexity index is 875. The van der Waals surface area contributed by atoms with Crippen LogP contribution in [0.3, 0.4) is 0 Å². The first-order valence-corrected chi connectivity index (χ1v) is 8.63. The minimum Gasteiger partial charge on any atom is -0.358 e. The van der Waals surface area contributed by atoms with Gasteiger partial charge in [0, 0.05) is 17.8 Å². The van der Waals surface area contributed by atoms with E-state index < -0.39 is 0 Å². The first-order valence-electron chi connectivity index (χ1n) is 8.63. The number of fused-ring (bicyclic) bond motifs is 3. The first kappa shape index (κ1) is 15.7. The molecular weight excluding hydrogens is 314 g/mol. The first-order chi connectivity index (χ1) is 12.0. The molecule has 2 aliphatic heterocycles. The fourth-order valence-corrected chi connectivity index (χ4v) is 3.72. The Kier molecular flexibility index (Phi) is 3.71. The second-order valence-electron chi connectivity index (χ2n) is 6.85. The Morgan fingerprint density at radius 2 is 2.04 bits per heavy atom. The van der Waals surface area contributed by atoms with Crippen molar-refractivity contribution in [1.82, 2.24) is 0 Å². The van der Waals surface area contributed by atoms with Crippen LogP contribution >= 0.6 is 0 Å². The fourth-order valence-electron chi connectivity index (χ4n) is 3.72. The number of anilines is 3. The molecule has 2 heterocycles. The van der Waals surface area contributed by atoms with Gasteiger partial charge in [-0.1, -0.05) is 17.7 Å². The van der Waals surface area contributed by atoms with Crippen LogP contribution in [-0.4, -0.2) is 24.4 Å². The van der Waals surface area contributed by atoms with Gasteiger partial charge in [0.05, 0.1) is 11.4 Å². The summed E-state index contributed by atoms with van der Waals surface area (Å²) in [4.78, 5) is 27.0. The third-order valence-corrected chi connectivity index (χ3v) is 5.01. The van der Waals surface area contributed by atoms with Gasteiger partial charge >= 0.3 is 0 Å². The fraction of sp³-hybridized carbons (Fsp3) is 0.300.